The Balaban J connectivity index is 2.34. The van der Waals surface area contributed by atoms with Crippen molar-refractivity contribution in [1.82, 2.24) is 0 Å². The number of aliphatic carboxylic acids is 1. The number of hydrogen-bond donors (Lipinski definition) is 2. The second kappa shape index (κ2) is 11.9. The van der Waals surface area contributed by atoms with Crippen LogP contribution in [0.1, 0.15) is 72.1 Å². The molecular weight excluding hydrogens is 312 g/mol. The van der Waals surface area contributed by atoms with Gasteiger partial charge in [-0.05, 0) is 64.2 Å². The van der Waals surface area contributed by atoms with Gasteiger partial charge in [-0.25, -0.2) is 0 Å². The first kappa shape index (κ1) is 21.5. The summed E-state index contributed by atoms with van der Waals surface area (Å²) in [5.41, 5.74) is 1.32. The fraction of sp³-hybridized carbons (Fsp3) is 0.682. The molecule has 0 aliphatic heterocycles. The lowest BCUT2D eigenvalue weighted by molar-refractivity contribution is -0.137. The third-order valence-electron chi connectivity index (χ3n) is 4.92. The van der Waals surface area contributed by atoms with Gasteiger partial charge in [0.2, 0.25) is 0 Å². The monoisotopic (exact) mass is 346 g/mol. The lowest BCUT2D eigenvalue weighted by atomic mass is 9.96. The van der Waals surface area contributed by atoms with Gasteiger partial charge in [0.25, 0.3) is 0 Å². The number of hydrogen-bond acceptors (Lipinski definition) is 2. The first-order chi connectivity index (χ1) is 11.9. The molecule has 140 valence electrons. The third-order valence-corrected chi connectivity index (χ3v) is 4.92. The number of unbranched alkanes of at least 4 members (excludes halogenated alkanes) is 1. The maximum Gasteiger partial charge on any atom is 0.303 e. The average molecular weight is 347 g/mol. The highest BCUT2D eigenvalue weighted by molar-refractivity contribution is 5.66. The zero-order valence-electron chi connectivity index (χ0n) is 16.0. The highest BCUT2D eigenvalue weighted by Crippen LogP contribution is 2.36. The summed E-state index contributed by atoms with van der Waals surface area (Å²) < 4.78 is 0. The summed E-state index contributed by atoms with van der Waals surface area (Å²) in [5, 5.41) is 18.9. The predicted octanol–water partition coefficient (Wildman–Crippen LogP) is 4.96. The molecule has 3 heteroatoms. The van der Waals surface area contributed by atoms with Gasteiger partial charge in [0.05, 0.1) is 6.10 Å². The smallest absolute Gasteiger partial charge is 0.303 e. The first-order valence-electron chi connectivity index (χ1n) is 9.54. The van der Waals surface area contributed by atoms with Crippen LogP contribution in [-0.4, -0.2) is 22.3 Å². The second-order valence-corrected chi connectivity index (χ2v) is 7.51. The van der Waals surface area contributed by atoms with E-state index in [1.807, 2.05) is 6.92 Å². The molecule has 2 unspecified atom stereocenters. The molecule has 1 rings (SSSR count). The van der Waals surface area contributed by atoms with E-state index in [4.69, 9.17) is 5.11 Å². The Bertz CT molecular complexity index is 521. The molecule has 4 atom stereocenters. The summed E-state index contributed by atoms with van der Waals surface area (Å²) in [7, 11) is 0. The molecule has 0 aromatic carbocycles. The predicted molar refractivity (Wildman–Crippen MR) is 103 cm³/mol. The summed E-state index contributed by atoms with van der Waals surface area (Å²) in [6, 6.07) is 0. The minimum absolute atomic E-state index is 0.230. The zero-order valence-corrected chi connectivity index (χ0v) is 16.0. The van der Waals surface area contributed by atoms with Gasteiger partial charge in [-0.3, -0.25) is 4.79 Å². The van der Waals surface area contributed by atoms with Crippen molar-refractivity contribution in [3.05, 3.63) is 23.8 Å². The van der Waals surface area contributed by atoms with E-state index in [0.717, 1.165) is 38.5 Å². The zero-order chi connectivity index (χ0) is 18.7. The van der Waals surface area contributed by atoms with Crippen LogP contribution in [0.4, 0.5) is 0 Å². The van der Waals surface area contributed by atoms with Crippen molar-refractivity contribution in [3.63, 3.8) is 0 Å². The molecule has 3 nitrogen and oxygen atoms in total. The quantitative estimate of drug-likeness (QED) is 0.334. The van der Waals surface area contributed by atoms with Crippen LogP contribution in [0.2, 0.25) is 0 Å². The number of allylic oxidation sites excluding steroid dienone is 3. The van der Waals surface area contributed by atoms with Crippen molar-refractivity contribution in [3.8, 4) is 11.8 Å². The standard InChI is InChI=1S/C22H34O3/c1-4-5-9-17(2)11-8-12-20-15-19(16-21(20)23)14-18(3)10-6-7-13-22(24)25/h8,10,12,17,19-21,23H,6-7,9,11,13-16H2,1-3H3,(H,24,25)/b12-8+,18-10+/t17?,19-,20?,21-/m1/s1. The van der Waals surface area contributed by atoms with E-state index >= 15 is 0 Å². The number of aliphatic hydroxyl groups excluding tert-OH is 1. The molecule has 1 aliphatic rings. The lowest BCUT2D eigenvalue weighted by Crippen LogP contribution is -2.10. The van der Waals surface area contributed by atoms with E-state index < -0.39 is 5.97 Å². The Morgan fingerprint density at radius 2 is 2.12 bits per heavy atom. The van der Waals surface area contributed by atoms with E-state index in [1.54, 1.807) is 0 Å². The van der Waals surface area contributed by atoms with E-state index in [9.17, 15) is 9.90 Å². The molecule has 0 aromatic rings. The molecular formula is C22H34O3. The van der Waals surface area contributed by atoms with E-state index in [0.29, 0.717) is 18.3 Å². The fourth-order valence-electron chi connectivity index (χ4n) is 3.51. The second-order valence-electron chi connectivity index (χ2n) is 7.51. The summed E-state index contributed by atoms with van der Waals surface area (Å²) in [4.78, 5) is 10.5. The van der Waals surface area contributed by atoms with Crippen molar-refractivity contribution in [2.45, 2.75) is 78.2 Å². The Hall–Kier alpha value is -1.53. The number of aliphatic hydroxyl groups is 1. The maximum atomic E-state index is 10.5. The average Bonchev–Trinajstić information content (AvgIpc) is 2.89. The van der Waals surface area contributed by atoms with E-state index in [1.165, 1.54) is 5.57 Å². The van der Waals surface area contributed by atoms with Crippen LogP contribution in [0.3, 0.4) is 0 Å². The molecule has 0 aromatic heterocycles. The molecule has 25 heavy (non-hydrogen) atoms. The van der Waals surface area contributed by atoms with Crippen LogP contribution in [0.15, 0.2) is 23.8 Å². The van der Waals surface area contributed by atoms with Crippen molar-refractivity contribution < 1.29 is 15.0 Å². The molecule has 0 amide bonds. The normalized spacial score (nSPS) is 25.0. The topological polar surface area (TPSA) is 57.5 Å². The Morgan fingerprint density at radius 1 is 1.36 bits per heavy atom. The summed E-state index contributed by atoms with van der Waals surface area (Å²) in [6.45, 7) is 6.20. The highest BCUT2D eigenvalue weighted by Gasteiger charge is 2.30. The summed E-state index contributed by atoms with van der Waals surface area (Å²) in [5.74, 6) is 6.70. The molecule has 1 saturated carbocycles. The molecule has 2 N–H and O–H groups in total. The van der Waals surface area contributed by atoms with Gasteiger partial charge in [-0.1, -0.05) is 30.7 Å². The van der Waals surface area contributed by atoms with Gasteiger partial charge in [-0.15, -0.1) is 11.8 Å². The van der Waals surface area contributed by atoms with Crippen LogP contribution < -0.4 is 0 Å². The van der Waals surface area contributed by atoms with Crippen LogP contribution in [0, 0.1) is 29.6 Å². The van der Waals surface area contributed by atoms with Crippen molar-refractivity contribution >= 4 is 5.97 Å². The van der Waals surface area contributed by atoms with E-state index in [2.05, 4.69) is 43.9 Å². The number of carbonyl (C=O) groups is 1. The number of rotatable bonds is 10. The van der Waals surface area contributed by atoms with Crippen LogP contribution >= 0.6 is 0 Å². The third kappa shape index (κ3) is 9.51. The van der Waals surface area contributed by atoms with Crippen LogP contribution in [0.5, 0.6) is 0 Å². The van der Waals surface area contributed by atoms with Gasteiger partial charge >= 0.3 is 5.97 Å². The molecule has 1 aliphatic carbocycles. The molecule has 0 spiro atoms. The minimum atomic E-state index is -0.726. The van der Waals surface area contributed by atoms with Gasteiger partial charge in [0.15, 0.2) is 0 Å². The molecule has 0 saturated heterocycles. The molecule has 0 heterocycles. The van der Waals surface area contributed by atoms with Gasteiger partial charge in [0.1, 0.15) is 0 Å². The Morgan fingerprint density at radius 3 is 2.80 bits per heavy atom. The Kier molecular flexibility index (Phi) is 10.3. The Labute approximate surface area is 153 Å². The summed E-state index contributed by atoms with van der Waals surface area (Å²) >= 11 is 0. The van der Waals surface area contributed by atoms with Crippen molar-refractivity contribution in [1.29, 1.82) is 0 Å². The molecule has 0 bridgehead atoms. The first-order valence-corrected chi connectivity index (χ1v) is 9.54. The minimum Gasteiger partial charge on any atom is -0.481 e. The molecule has 1 fully saturated rings. The molecule has 0 radical (unpaired) electrons. The van der Waals surface area contributed by atoms with E-state index in [-0.39, 0.29) is 18.4 Å². The lowest BCUT2D eigenvalue weighted by Gasteiger charge is -2.10. The number of carboxylic acids is 1. The maximum absolute atomic E-state index is 10.5. The van der Waals surface area contributed by atoms with Crippen molar-refractivity contribution in [2.75, 3.05) is 0 Å². The van der Waals surface area contributed by atoms with Crippen LogP contribution in [-0.2, 0) is 4.79 Å². The number of carboxylic acid groups (broad SMARTS) is 1. The van der Waals surface area contributed by atoms with Crippen molar-refractivity contribution in [2.24, 2.45) is 17.8 Å². The van der Waals surface area contributed by atoms with Gasteiger partial charge in [-0.2, -0.15) is 0 Å². The van der Waals surface area contributed by atoms with Gasteiger partial charge in [0, 0.05) is 18.8 Å². The largest absolute Gasteiger partial charge is 0.481 e. The van der Waals surface area contributed by atoms with Gasteiger partial charge < -0.3 is 10.2 Å². The van der Waals surface area contributed by atoms with Crippen LogP contribution in [0.25, 0.3) is 0 Å². The fourth-order valence-corrected chi connectivity index (χ4v) is 3.51. The highest BCUT2D eigenvalue weighted by atomic mass is 16.4. The summed E-state index contributed by atoms with van der Waals surface area (Å²) in [6.07, 6.45) is 13.0. The SMILES string of the molecule is CC#CCC(C)C/C=C/C1C[C@@H](C/C(C)=C/CCCC(=O)O)C[C@H]1O.